The van der Waals surface area contributed by atoms with Gasteiger partial charge in [-0.15, -0.1) is 0 Å². The summed E-state index contributed by atoms with van der Waals surface area (Å²) in [5.41, 5.74) is 0. The van der Waals surface area contributed by atoms with Gasteiger partial charge in [0.05, 0.1) is 6.61 Å². The molecule has 0 saturated carbocycles. The molecule has 0 aliphatic carbocycles. The fraction of sp³-hybridized carbons (Fsp3) is 1.00. The molecule has 0 aromatic rings. The van der Waals surface area contributed by atoms with Crippen LogP contribution in [0.2, 0.25) is 0 Å². The van der Waals surface area contributed by atoms with Crippen molar-refractivity contribution in [3.63, 3.8) is 0 Å². The van der Waals surface area contributed by atoms with E-state index in [0.29, 0.717) is 6.61 Å². The van der Waals surface area contributed by atoms with Gasteiger partial charge in [0.2, 0.25) is 0 Å². The summed E-state index contributed by atoms with van der Waals surface area (Å²) >= 11 is 0. The molecule has 2 rings (SSSR count). The minimum Gasteiger partial charge on any atom is -0.387 e. The van der Waals surface area contributed by atoms with Crippen molar-refractivity contribution >= 4 is 0 Å². The Balaban J connectivity index is 2.08. The van der Waals surface area contributed by atoms with Crippen molar-refractivity contribution in [3.05, 3.63) is 0 Å². The van der Waals surface area contributed by atoms with Crippen LogP contribution in [0.5, 0.6) is 0 Å². The van der Waals surface area contributed by atoms with E-state index in [2.05, 4.69) is 0 Å². The molecule has 1 N–H and O–H groups in total. The fourth-order valence-corrected chi connectivity index (χ4v) is 1.41. The Labute approximate surface area is 58.7 Å². The van der Waals surface area contributed by atoms with Crippen LogP contribution >= 0.6 is 0 Å². The van der Waals surface area contributed by atoms with Crippen molar-refractivity contribution in [1.82, 2.24) is 0 Å². The van der Waals surface area contributed by atoms with Gasteiger partial charge in [-0.2, -0.15) is 0 Å². The predicted octanol–water partition coefficient (Wildman–Crippen LogP) is -0.883. The molecular formula is C6H10O4. The van der Waals surface area contributed by atoms with E-state index in [4.69, 9.17) is 14.2 Å². The van der Waals surface area contributed by atoms with Crippen molar-refractivity contribution in [2.75, 3.05) is 13.7 Å². The molecule has 4 nitrogen and oxygen atoms in total. The number of ether oxygens (including phenoxy) is 3. The highest BCUT2D eigenvalue weighted by molar-refractivity contribution is 4.93. The first-order chi connectivity index (χ1) is 4.83. The van der Waals surface area contributed by atoms with Crippen LogP contribution in [-0.2, 0) is 14.2 Å². The van der Waals surface area contributed by atoms with E-state index in [9.17, 15) is 5.11 Å². The van der Waals surface area contributed by atoms with E-state index in [1.807, 2.05) is 0 Å². The van der Waals surface area contributed by atoms with Crippen LogP contribution in [-0.4, -0.2) is 43.4 Å². The molecule has 0 spiro atoms. The Morgan fingerprint density at radius 3 is 2.70 bits per heavy atom. The molecule has 2 heterocycles. The average Bonchev–Trinajstić information content (AvgIpc) is 2.46. The van der Waals surface area contributed by atoms with E-state index in [-0.39, 0.29) is 18.5 Å². The van der Waals surface area contributed by atoms with Crippen LogP contribution in [0.3, 0.4) is 0 Å². The standard InChI is InChI=1S/C6H10O4/c1-8-6-5-4(7)3(10-6)2-9-5/h3-7H,2H2,1H3/t3-,4-,5+,6+/m0/s1. The van der Waals surface area contributed by atoms with E-state index < -0.39 is 6.10 Å². The highest BCUT2D eigenvalue weighted by Gasteiger charge is 2.50. The van der Waals surface area contributed by atoms with Gasteiger partial charge >= 0.3 is 0 Å². The number of fused-ring (bicyclic) bond motifs is 2. The molecule has 0 radical (unpaired) electrons. The van der Waals surface area contributed by atoms with Crippen LogP contribution in [0.15, 0.2) is 0 Å². The van der Waals surface area contributed by atoms with Crippen molar-refractivity contribution in [2.45, 2.75) is 24.6 Å². The zero-order valence-corrected chi connectivity index (χ0v) is 5.69. The quantitative estimate of drug-likeness (QED) is 0.521. The first kappa shape index (κ1) is 6.54. The number of aliphatic hydroxyl groups excluding tert-OH is 1. The third-order valence-corrected chi connectivity index (χ3v) is 1.98. The summed E-state index contributed by atoms with van der Waals surface area (Å²) in [5.74, 6) is 0. The summed E-state index contributed by atoms with van der Waals surface area (Å²) in [7, 11) is 1.54. The Morgan fingerprint density at radius 1 is 1.60 bits per heavy atom. The number of methoxy groups -OCH3 is 1. The molecule has 2 bridgehead atoms. The fourth-order valence-electron chi connectivity index (χ4n) is 1.41. The summed E-state index contributed by atoms with van der Waals surface area (Å²) < 4.78 is 15.3. The van der Waals surface area contributed by atoms with E-state index in [1.54, 1.807) is 7.11 Å². The number of hydrogen-bond donors (Lipinski definition) is 1. The molecule has 2 aliphatic heterocycles. The van der Waals surface area contributed by atoms with Crippen molar-refractivity contribution in [2.24, 2.45) is 0 Å². The minimum atomic E-state index is -0.495. The zero-order valence-electron chi connectivity index (χ0n) is 5.69. The summed E-state index contributed by atoms with van der Waals surface area (Å²) in [6.45, 7) is 0.492. The number of rotatable bonds is 1. The SMILES string of the molecule is CO[C@@H]1O[C@H]2CO[C@@H]1[C@H]2O. The molecule has 2 saturated heterocycles. The highest BCUT2D eigenvalue weighted by Crippen LogP contribution is 2.30. The lowest BCUT2D eigenvalue weighted by molar-refractivity contribution is -0.202. The van der Waals surface area contributed by atoms with Crippen molar-refractivity contribution in [1.29, 1.82) is 0 Å². The van der Waals surface area contributed by atoms with Gasteiger partial charge in [-0.05, 0) is 0 Å². The molecule has 4 atom stereocenters. The van der Waals surface area contributed by atoms with Gasteiger partial charge < -0.3 is 19.3 Å². The molecule has 58 valence electrons. The zero-order chi connectivity index (χ0) is 7.14. The molecule has 0 aromatic carbocycles. The van der Waals surface area contributed by atoms with E-state index >= 15 is 0 Å². The molecule has 10 heavy (non-hydrogen) atoms. The summed E-state index contributed by atoms with van der Waals surface area (Å²) in [6.07, 6.45) is -1.30. The second-order valence-corrected chi connectivity index (χ2v) is 2.57. The van der Waals surface area contributed by atoms with Gasteiger partial charge in [-0.25, -0.2) is 0 Å². The molecule has 0 unspecified atom stereocenters. The smallest absolute Gasteiger partial charge is 0.186 e. The first-order valence-corrected chi connectivity index (χ1v) is 3.31. The Hall–Kier alpha value is -0.160. The van der Waals surface area contributed by atoms with E-state index in [0.717, 1.165) is 0 Å². The third kappa shape index (κ3) is 0.703. The maximum atomic E-state index is 9.30. The Morgan fingerprint density at radius 2 is 2.40 bits per heavy atom. The lowest BCUT2D eigenvalue weighted by atomic mass is 10.2. The number of hydrogen-bond acceptors (Lipinski definition) is 4. The van der Waals surface area contributed by atoms with Gasteiger partial charge in [0.25, 0.3) is 0 Å². The molecule has 4 heteroatoms. The summed E-state index contributed by atoms with van der Waals surface area (Å²) in [6, 6.07) is 0. The third-order valence-electron chi connectivity index (χ3n) is 1.98. The Bertz CT molecular complexity index is 138. The highest BCUT2D eigenvalue weighted by atomic mass is 16.7. The van der Waals surface area contributed by atoms with Gasteiger partial charge in [0.15, 0.2) is 6.29 Å². The number of aliphatic hydroxyl groups is 1. The second-order valence-electron chi connectivity index (χ2n) is 2.57. The monoisotopic (exact) mass is 146 g/mol. The maximum Gasteiger partial charge on any atom is 0.186 e. The molecule has 2 fully saturated rings. The first-order valence-electron chi connectivity index (χ1n) is 3.31. The van der Waals surface area contributed by atoms with Gasteiger partial charge in [-0.3, -0.25) is 0 Å². The normalized spacial score (nSPS) is 52.2. The van der Waals surface area contributed by atoms with Crippen LogP contribution in [0.25, 0.3) is 0 Å². The van der Waals surface area contributed by atoms with Crippen LogP contribution in [0.4, 0.5) is 0 Å². The second kappa shape index (κ2) is 2.17. The lowest BCUT2D eigenvalue weighted by Gasteiger charge is -2.19. The summed E-state index contributed by atoms with van der Waals surface area (Å²) in [5, 5.41) is 9.30. The topological polar surface area (TPSA) is 47.9 Å². The largest absolute Gasteiger partial charge is 0.387 e. The van der Waals surface area contributed by atoms with Crippen LogP contribution < -0.4 is 0 Å². The van der Waals surface area contributed by atoms with Crippen molar-refractivity contribution < 1.29 is 19.3 Å². The molecule has 0 aromatic heterocycles. The van der Waals surface area contributed by atoms with E-state index in [1.165, 1.54) is 0 Å². The lowest BCUT2D eigenvalue weighted by Crippen LogP contribution is -2.31. The molecule has 2 aliphatic rings. The predicted molar refractivity (Wildman–Crippen MR) is 31.4 cm³/mol. The van der Waals surface area contributed by atoms with Crippen LogP contribution in [0.1, 0.15) is 0 Å². The average molecular weight is 146 g/mol. The molecular weight excluding hydrogens is 136 g/mol. The minimum absolute atomic E-state index is 0.171. The maximum absolute atomic E-state index is 9.30. The van der Waals surface area contributed by atoms with Gasteiger partial charge in [0.1, 0.15) is 18.3 Å². The van der Waals surface area contributed by atoms with Gasteiger partial charge in [-0.1, -0.05) is 0 Å². The van der Waals surface area contributed by atoms with Crippen LogP contribution in [0, 0.1) is 0 Å². The summed E-state index contributed by atoms with van der Waals surface area (Å²) in [4.78, 5) is 0. The Kier molecular flexibility index (Phi) is 1.42. The van der Waals surface area contributed by atoms with Crippen molar-refractivity contribution in [3.8, 4) is 0 Å². The molecule has 0 amide bonds. The van der Waals surface area contributed by atoms with Gasteiger partial charge in [0, 0.05) is 7.11 Å².